The van der Waals surface area contributed by atoms with Gasteiger partial charge in [0.25, 0.3) is 11.8 Å². The molecular formula is C27H22BrClN2O5. The molecule has 1 fully saturated rings. The molecule has 3 aromatic rings. The monoisotopic (exact) mass is 568 g/mol. The number of halogens is 2. The van der Waals surface area contributed by atoms with Crippen molar-refractivity contribution < 1.29 is 23.9 Å². The molecule has 1 N–H and O–H groups in total. The number of urea groups is 1. The second-order valence-corrected chi connectivity index (χ2v) is 9.26. The van der Waals surface area contributed by atoms with E-state index < -0.39 is 17.8 Å². The smallest absolute Gasteiger partial charge is 0.335 e. The summed E-state index contributed by atoms with van der Waals surface area (Å²) >= 11 is 9.43. The lowest BCUT2D eigenvalue weighted by Gasteiger charge is -2.26. The third kappa shape index (κ3) is 5.61. The second kappa shape index (κ2) is 11.0. The molecule has 0 spiro atoms. The molecule has 0 unspecified atom stereocenters. The van der Waals surface area contributed by atoms with Gasteiger partial charge >= 0.3 is 6.03 Å². The van der Waals surface area contributed by atoms with Gasteiger partial charge in [-0.1, -0.05) is 41.4 Å². The van der Waals surface area contributed by atoms with E-state index in [9.17, 15) is 14.4 Å². The van der Waals surface area contributed by atoms with E-state index in [1.165, 1.54) is 18.2 Å². The van der Waals surface area contributed by atoms with Crippen LogP contribution in [-0.2, 0) is 16.2 Å². The molecule has 0 bridgehead atoms. The number of amides is 4. The van der Waals surface area contributed by atoms with Gasteiger partial charge in [-0.25, -0.2) is 9.69 Å². The minimum Gasteiger partial charge on any atom is -0.490 e. The van der Waals surface area contributed by atoms with Gasteiger partial charge in [0, 0.05) is 5.02 Å². The SMILES string of the molecule is CCOc1cc(/C=C2/C(=O)NC(=O)N(c3ccc(Cl)cc3)C2=O)cc(Br)c1OCc1ccc(C)cc1. The highest BCUT2D eigenvalue weighted by Gasteiger charge is 2.36. The number of ether oxygens (including phenoxy) is 2. The maximum absolute atomic E-state index is 13.2. The lowest BCUT2D eigenvalue weighted by atomic mass is 10.1. The van der Waals surface area contributed by atoms with Crippen LogP contribution in [0.3, 0.4) is 0 Å². The molecule has 1 saturated heterocycles. The minimum atomic E-state index is -0.833. The molecule has 0 radical (unpaired) electrons. The first kappa shape index (κ1) is 25.5. The molecular weight excluding hydrogens is 548 g/mol. The molecule has 0 saturated carbocycles. The normalized spacial score (nSPS) is 14.7. The van der Waals surface area contributed by atoms with E-state index in [0.29, 0.717) is 39.8 Å². The van der Waals surface area contributed by atoms with Crippen molar-refractivity contribution in [1.29, 1.82) is 0 Å². The lowest BCUT2D eigenvalue weighted by Crippen LogP contribution is -2.54. The largest absolute Gasteiger partial charge is 0.490 e. The standard InChI is InChI=1S/C27H22BrClN2O5/c1-3-35-23-14-18(13-22(28)24(23)36-15-17-6-4-16(2)5-7-17)12-21-25(32)30-27(34)31(26(21)33)20-10-8-19(29)9-11-20/h4-14H,3,15H2,1-2H3,(H,30,32,34)/b21-12-. The van der Waals surface area contributed by atoms with Gasteiger partial charge in [0.05, 0.1) is 16.8 Å². The van der Waals surface area contributed by atoms with E-state index in [1.807, 2.05) is 38.1 Å². The number of anilines is 1. The van der Waals surface area contributed by atoms with Gasteiger partial charge in [-0.2, -0.15) is 0 Å². The summed E-state index contributed by atoms with van der Waals surface area (Å²) in [5, 5.41) is 2.66. The van der Waals surface area contributed by atoms with Crippen molar-refractivity contribution in [2.75, 3.05) is 11.5 Å². The Labute approximate surface area is 221 Å². The van der Waals surface area contributed by atoms with E-state index in [2.05, 4.69) is 21.2 Å². The number of carbonyl (C=O) groups is 3. The fourth-order valence-electron chi connectivity index (χ4n) is 3.56. The number of imide groups is 2. The Morgan fingerprint density at radius 3 is 2.36 bits per heavy atom. The predicted molar refractivity (Wildman–Crippen MR) is 141 cm³/mol. The third-order valence-corrected chi connectivity index (χ3v) is 6.17. The lowest BCUT2D eigenvalue weighted by molar-refractivity contribution is -0.122. The highest BCUT2D eigenvalue weighted by Crippen LogP contribution is 2.38. The molecule has 1 aliphatic rings. The van der Waals surface area contributed by atoms with Crippen LogP contribution in [0.4, 0.5) is 10.5 Å². The molecule has 0 atom stereocenters. The number of benzene rings is 3. The van der Waals surface area contributed by atoms with Gasteiger partial charge in [-0.3, -0.25) is 14.9 Å². The Morgan fingerprint density at radius 2 is 1.69 bits per heavy atom. The Kier molecular flexibility index (Phi) is 7.76. The summed E-state index contributed by atoms with van der Waals surface area (Å²) in [5.74, 6) is -0.596. The summed E-state index contributed by atoms with van der Waals surface area (Å²) in [4.78, 5) is 39.0. The number of aryl methyl sites for hydroxylation is 1. The second-order valence-electron chi connectivity index (χ2n) is 7.97. The number of nitrogens with zero attached hydrogens (tertiary/aromatic N) is 1. The first-order chi connectivity index (χ1) is 17.3. The molecule has 0 aliphatic carbocycles. The Hall–Kier alpha value is -3.62. The number of nitrogens with one attached hydrogen (secondary N) is 1. The molecule has 0 aromatic heterocycles. The Morgan fingerprint density at radius 1 is 1.00 bits per heavy atom. The van der Waals surface area contributed by atoms with Crippen LogP contribution in [0.5, 0.6) is 11.5 Å². The maximum atomic E-state index is 13.2. The summed E-state index contributed by atoms with van der Waals surface area (Å²) in [5.41, 5.74) is 2.75. The van der Waals surface area contributed by atoms with Crippen molar-refractivity contribution >= 4 is 57.1 Å². The zero-order valence-electron chi connectivity index (χ0n) is 19.5. The number of hydrogen-bond donors (Lipinski definition) is 1. The number of hydrogen-bond acceptors (Lipinski definition) is 5. The van der Waals surface area contributed by atoms with Crippen molar-refractivity contribution in [2.24, 2.45) is 0 Å². The highest BCUT2D eigenvalue weighted by atomic mass is 79.9. The van der Waals surface area contributed by atoms with Crippen LogP contribution in [0.15, 0.2) is 70.7 Å². The molecule has 7 nitrogen and oxygen atoms in total. The quantitative estimate of drug-likeness (QED) is 0.276. The van der Waals surface area contributed by atoms with Gasteiger partial charge < -0.3 is 9.47 Å². The van der Waals surface area contributed by atoms with Crippen molar-refractivity contribution in [3.05, 3.63) is 92.4 Å². The van der Waals surface area contributed by atoms with Crippen LogP contribution >= 0.6 is 27.5 Å². The average Bonchev–Trinajstić information content (AvgIpc) is 2.83. The molecule has 4 amide bonds. The Bertz CT molecular complexity index is 1350. The van der Waals surface area contributed by atoms with Crippen LogP contribution < -0.4 is 19.7 Å². The fourth-order valence-corrected chi connectivity index (χ4v) is 4.26. The molecule has 3 aromatic carbocycles. The van der Waals surface area contributed by atoms with E-state index in [4.69, 9.17) is 21.1 Å². The van der Waals surface area contributed by atoms with Crippen LogP contribution in [0.2, 0.25) is 5.02 Å². The molecule has 1 aliphatic heterocycles. The van der Waals surface area contributed by atoms with Crippen molar-refractivity contribution in [2.45, 2.75) is 20.5 Å². The zero-order valence-corrected chi connectivity index (χ0v) is 21.9. The molecule has 184 valence electrons. The van der Waals surface area contributed by atoms with Crippen LogP contribution in [-0.4, -0.2) is 24.5 Å². The fraction of sp³-hybridized carbons (Fsp3) is 0.148. The summed E-state index contributed by atoms with van der Waals surface area (Å²) < 4.78 is 12.4. The first-order valence-corrected chi connectivity index (χ1v) is 12.3. The van der Waals surface area contributed by atoms with Crippen molar-refractivity contribution in [3.8, 4) is 11.5 Å². The molecule has 1 heterocycles. The first-order valence-electron chi connectivity index (χ1n) is 11.1. The van der Waals surface area contributed by atoms with E-state index >= 15 is 0 Å². The van der Waals surface area contributed by atoms with Gasteiger partial charge in [0.2, 0.25) is 0 Å². The summed E-state index contributed by atoms with van der Waals surface area (Å²) in [7, 11) is 0. The van der Waals surface area contributed by atoms with E-state index in [0.717, 1.165) is 16.0 Å². The third-order valence-electron chi connectivity index (χ3n) is 5.33. The minimum absolute atomic E-state index is 0.202. The summed E-state index contributed by atoms with van der Waals surface area (Å²) in [6.45, 7) is 4.57. The average molecular weight is 570 g/mol. The van der Waals surface area contributed by atoms with Gasteiger partial charge in [-0.05, 0) is 83.4 Å². The number of carbonyl (C=O) groups excluding carboxylic acids is 3. The maximum Gasteiger partial charge on any atom is 0.335 e. The number of barbiturate groups is 1. The van der Waals surface area contributed by atoms with Crippen molar-refractivity contribution in [1.82, 2.24) is 5.32 Å². The van der Waals surface area contributed by atoms with Gasteiger partial charge in [0.15, 0.2) is 11.5 Å². The van der Waals surface area contributed by atoms with Crippen molar-refractivity contribution in [3.63, 3.8) is 0 Å². The van der Waals surface area contributed by atoms with E-state index in [1.54, 1.807) is 24.3 Å². The summed E-state index contributed by atoms with van der Waals surface area (Å²) in [6.07, 6.45) is 1.41. The van der Waals surface area contributed by atoms with E-state index in [-0.39, 0.29) is 11.3 Å². The summed E-state index contributed by atoms with van der Waals surface area (Å²) in [6, 6.07) is 16.7. The zero-order chi connectivity index (χ0) is 25.8. The molecule has 36 heavy (non-hydrogen) atoms. The van der Waals surface area contributed by atoms with Crippen LogP contribution in [0, 0.1) is 6.92 Å². The van der Waals surface area contributed by atoms with Crippen LogP contribution in [0.1, 0.15) is 23.6 Å². The molecule has 4 rings (SSSR count). The number of rotatable bonds is 7. The topological polar surface area (TPSA) is 84.9 Å². The van der Waals surface area contributed by atoms with Gasteiger partial charge in [-0.15, -0.1) is 0 Å². The van der Waals surface area contributed by atoms with Gasteiger partial charge in [0.1, 0.15) is 12.2 Å². The Balaban J connectivity index is 1.65. The molecule has 9 heteroatoms. The highest BCUT2D eigenvalue weighted by molar-refractivity contribution is 9.10. The predicted octanol–water partition coefficient (Wildman–Crippen LogP) is 6.06. The van der Waals surface area contributed by atoms with Crippen LogP contribution in [0.25, 0.3) is 6.08 Å².